The first-order valence-corrected chi connectivity index (χ1v) is 9.88. The lowest BCUT2D eigenvalue weighted by Crippen LogP contribution is -1.93. The van der Waals surface area contributed by atoms with E-state index in [0.29, 0.717) is 6.42 Å². The van der Waals surface area contributed by atoms with E-state index in [4.69, 9.17) is 5.11 Å². The van der Waals surface area contributed by atoms with Gasteiger partial charge in [-0.15, -0.1) is 0 Å². The first-order chi connectivity index (χ1) is 10.7. The van der Waals surface area contributed by atoms with Gasteiger partial charge in [0.25, 0.3) is 0 Å². The number of hydrogen-bond donors (Lipinski definition) is 1. The highest BCUT2D eigenvalue weighted by Gasteiger charge is 2.00. The minimum absolute atomic E-state index is 0.344. The lowest BCUT2D eigenvalue weighted by atomic mass is 9.98. The molecule has 0 fully saturated rings. The van der Waals surface area contributed by atoms with Gasteiger partial charge in [0.05, 0.1) is 0 Å². The minimum atomic E-state index is -0.653. The molecule has 1 unspecified atom stereocenters. The van der Waals surface area contributed by atoms with E-state index in [-0.39, 0.29) is 0 Å². The zero-order valence-corrected chi connectivity index (χ0v) is 15.2. The molecule has 1 N–H and O–H groups in total. The maximum absolute atomic E-state index is 10.4. The Morgan fingerprint density at radius 1 is 0.727 bits per heavy atom. The number of unbranched alkanes of at least 4 members (excludes halogenated alkanes) is 11. The predicted molar refractivity (Wildman–Crippen MR) is 96.3 cm³/mol. The molecule has 0 rings (SSSR count). The van der Waals surface area contributed by atoms with Gasteiger partial charge in [-0.05, 0) is 12.3 Å². The Morgan fingerprint density at radius 3 is 1.55 bits per heavy atom. The average Bonchev–Trinajstić information content (AvgIpc) is 2.47. The summed E-state index contributed by atoms with van der Waals surface area (Å²) in [6.45, 7) is 4.68. The second-order valence-electron chi connectivity index (χ2n) is 7.07. The Balaban J connectivity index is 3.04. The second kappa shape index (κ2) is 16.8. The molecule has 22 heavy (non-hydrogen) atoms. The van der Waals surface area contributed by atoms with Crippen molar-refractivity contribution in [2.24, 2.45) is 5.92 Å². The Bertz CT molecular complexity index is 238. The molecule has 0 aromatic rings. The summed E-state index contributed by atoms with van der Waals surface area (Å²) in [5.74, 6) is 0.278. The van der Waals surface area contributed by atoms with Crippen molar-refractivity contribution in [1.82, 2.24) is 0 Å². The van der Waals surface area contributed by atoms with Gasteiger partial charge >= 0.3 is 5.97 Å². The number of carboxylic acids is 1. The van der Waals surface area contributed by atoms with Crippen LogP contribution in [0.2, 0.25) is 0 Å². The van der Waals surface area contributed by atoms with E-state index in [1.807, 2.05) is 0 Å². The molecule has 132 valence electrons. The lowest BCUT2D eigenvalue weighted by Gasteiger charge is -2.09. The fraction of sp³-hybridized carbons (Fsp3) is 0.950. The first kappa shape index (κ1) is 21.5. The molecule has 0 aliphatic carbocycles. The van der Waals surface area contributed by atoms with Crippen LogP contribution >= 0.6 is 0 Å². The molecular weight excluding hydrogens is 272 g/mol. The van der Waals surface area contributed by atoms with E-state index in [1.165, 1.54) is 83.5 Å². The molecule has 0 spiro atoms. The maximum Gasteiger partial charge on any atom is 0.303 e. The molecule has 0 amide bonds. The molecule has 2 heteroatoms. The molecule has 0 aromatic heterocycles. The van der Waals surface area contributed by atoms with Gasteiger partial charge in [0, 0.05) is 6.42 Å². The Kier molecular flexibility index (Phi) is 16.4. The fourth-order valence-electron chi connectivity index (χ4n) is 3.17. The van der Waals surface area contributed by atoms with E-state index < -0.39 is 5.97 Å². The van der Waals surface area contributed by atoms with Crippen LogP contribution in [0.15, 0.2) is 0 Å². The van der Waals surface area contributed by atoms with Gasteiger partial charge in [0.1, 0.15) is 0 Å². The van der Waals surface area contributed by atoms with E-state index in [0.717, 1.165) is 18.8 Å². The summed E-state index contributed by atoms with van der Waals surface area (Å²) < 4.78 is 0. The summed E-state index contributed by atoms with van der Waals surface area (Å²) in [5, 5.41) is 8.54. The van der Waals surface area contributed by atoms with Gasteiger partial charge in [-0.2, -0.15) is 0 Å². The molecule has 0 aliphatic heterocycles. The van der Waals surface area contributed by atoms with Crippen molar-refractivity contribution in [3.8, 4) is 0 Å². The summed E-state index contributed by atoms with van der Waals surface area (Å²) in [6.07, 6.45) is 20.1. The summed E-state index contributed by atoms with van der Waals surface area (Å²) in [4.78, 5) is 10.4. The molecule has 0 aromatic carbocycles. The molecule has 2 nitrogen and oxygen atoms in total. The molecule has 0 saturated heterocycles. The van der Waals surface area contributed by atoms with Crippen molar-refractivity contribution in [3.05, 3.63) is 0 Å². The Labute approximate surface area is 139 Å². The standard InChI is InChI=1S/C20H40O2/c1-3-16-19(2)17-14-12-10-8-6-4-5-7-9-11-13-15-18-20(21)22/h19H,3-18H2,1-2H3,(H,21,22). The fourth-order valence-corrected chi connectivity index (χ4v) is 3.17. The van der Waals surface area contributed by atoms with Crippen LogP contribution in [0, 0.1) is 5.92 Å². The summed E-state index contributed by atoms with van der Waals surface area (Å²) >= 11 is 0. The van der Waals surface area contributed by atoms with Crippen molar-refractivity contribution >= 4 is 5.97 Å². The monoisotopic (exact) mass is 312 g/mol. The molecule has 0 heterocycles. The summed E-state index contributed by atoms with van der Waals surface area (Å²) in [5.41, 5.74) is 0. The van der Waals surface area contributed by atoms with Crippen molar-refractivity contribution < 1.29 is 9.90 Å². The van der Waals surface area contributed by atoms with Crippen molar-refractivity contribution in [3.63, 3.8) is 0 Å². The maximum atomic E-state index is 10.4. The summed E-state index contributed by atoms with van der Waals surface area (Å²) in [6, 6.07) is 0. The van der Waals surface area contributed by atoms with Gasteiger partial charge in [0.15, 0.2) is 0 Å². The molecular formula is C20H40O2. The van der Waals surface area contributed by atoms with Crippen LogP contribution < -0.4 is 0 Å². The van der Waals surface area contributed by atoms with Crippen LogP contribution in [0.1, 0.15) is 117 Å². The minimum Gasteiger partial charge on any atom is -0.481 e. The van der Waals surface area contributed by atoms with Crippen LogP contribution in [-0.2, 0) is 4.79 Å². The third-order valence-corrected chi connectivity index (χ3v) is 4.62. The number of rotatable bonds is 17. The topological polar surface area (TPSA) is 37.3 Å². The SMILES string of the molecule is CCCC(C)CCCCCCCCCCCCCCC(=O)O. The quantitative estimate of drug-likeness (QED) is 0.294. The Hall–Kier alpha value is -0.530. The highest BCUT2D eigenvalue weighted by Crippen LogP contribution is 2.16. The van der Waals surface area contributed by atoms with Crippen molar-refractivity contribution in [2.45, 2.75) is 117 Å². The van der Waals surface area contributed by atoms with E-state index in [2.05, 4.69) is 13.8 Å². The molecule has 0 aliphatic rings. The smallest absolute Gasteiger partial charge is 0.303 e. The van der Waals surface area contributed by atoms with E-state index in [1.54, 1.807) is 0 Å². The van der Waals surface area contributed by atoms with Gasteiger partial charge < -0.3 is 5.11 Å². The highest BCUT2D eigenvalue weighted by atomic mass is 16.4. The van der Waals surface area contributed by atoms with Gasteiger partial charge in [-0.3, -0.25) is 4.79 Å². The summed E-state index contributed by atoms with van der Waals surface area (Å²) in [7, 11) is 0. The average molecular weight is 313 g/mol. The van der Waals surface area contributed by atoms with Gasteiger partial charge in [0.2, 0.25) is 0 Å². The predicted octanol–water partition coefficient (Wildman–Crippen LogP) is 6.97. The van der Waals surface area contributed by atoms with E-state index >= 15 is 0 Å². The van der Waals surface area contributed by atoms with Crippen LogP contribution in [0.25, 0.3) is 0 Å². The molecule has 1 atom stereocenters. The highest BCUT2D eigenvalue weighted by molar-refractivity contribution is 5.66. The van der Waals surface area contributed by atoms with Gasteiger partial charge in [-0.25, -0.2) is 0 Å². The van der Waals surface area contributed by atoms with Crippen LogP contribution in [0.3, 0.4) is 0 Å². The van der Waals surface area contributed by atoms with Crippen LogP contribution in [0.4, 0.5) is 0 Å². The zero-order valence-electron chi connectivity index (χ0n) is 15.2. The van der Waals surface area contributed by atoms with E-state index in [9.17, 15) is 4.79 Å². The van der Waals surface area contributed by atoms with Crippen LogP contribution in [0.5, 0.6) is 0 Å². The molecule has 0 radical (unpaired) electrons. The molecule has 0 saturated carbocycles. The third-order valence-electron chi connectivity index (χ3n) is 4.62. The third kappa shape index (κ3) is 17.5. The van der Waals surface area contributed by atoms with Crippen LogP contribution in [-0.4, -0.2) is 11.1 Å². The zero-order chi connectivity index (χ0) is 16.5. The van der Waals surface area contributed by atoms with Crippen molar-refractivity contribution in [2.75, 3.05) is 0 Å². The Morgan fingerprint density at radius 2 is 1.14 bits per heavy atom. The first-order valence-electron chi connectivity index (χ1n) is 9.88. The van der Waals surface area contributed by atoms with Crippen molar-refractivity contribution in [1.29, 1.82) is 0 Å². The normalized spacial score (nSPS) is 12.5. The number of carbonyl (C=O) groups is 1. The number of carboxylic acid groups (broad SMARTS) is 1. The number of aliphatic carboxylic acids is 1. The lowest BCUT2D eigenvalue weighted by molar-refractivity contribution is -0.137. The number of hydrogen-bond acceptors (Lipinski definition) is 1. The second-order valence-corrected chi connectivity index (χ2v) is 7.07. The molecule has 0 bridgehead atoms. The largest absolute Gasteiger partial charge is 0.481 e. The van der Waals surface area contributed by atoms with Gasteiger partial charge in [-0.1, -0.05) is 104 Å².